The van der Waals surface area contributed by atoms with Gasteiger partial charge >= 0.3 is 17.8 Å². The van der Waals surface area contributed by atoms with E-state index in [0.29, 0.717) is 0 Å². The van der Waals surface area contributed by atoms with Crippen molar-refractivity contribution in [2.24, 2.45) is 0 Å². The second-order valence-electron chi connectivity index (χ2n) is 2.71. The Labute approximate surface area is 84.4 Å². The van der Waals surface area contributed by atoms with Crippen LogP contribution in [0.2, 0.25) is 0 Å². The Morgan fingerprint density at radius 3 is 1.44 bits per heavy atom. The van der Waals surface area contributed by atoms with Crippen LogP contribution in [0.25, 0.3) is 0 Å². The molecule has 1 aliphatic rings. The quantitative estimate of drug-likeness (QED) is 0.519. The first-order valence-electron chi connectivity index (χ1n) is 3.53. The third-order valence-corrected chi connectivity index (χ3v) is 1.64. The minimum atomic E-state index is -5.56. The van der Waals surface area contributed by atoms with Crippen molar-refractivity contribution in [2.45, 2.75) is 23.9 Å². The van der Waals surface area contributed by atoms with Gasteiger partial charge in [0.25, 0.3) is 0 Å². The van der Waals surface area contributed by atoms with Crippen LogP contribution in [0.5, 0.6) is 0 Å². The molecule has 16 heavy (non-hydrogen) atoms. The first-order chi connectivity index (χ1) is 6.92. The number of alkyl halides is 7. The summed E-state index contributed by atoms with van der Waals surface area (Å²) in [5.74, 6) is -17.3. The van der Waals surface area contributed by atoms with E-state index in [4.69, 9.17) is 9.90 Å². The Kier molecular flexibility index (Phi) is 3.63. The topological polar surface area (TPSA) is 40.1 Å². The van der Waals surface area contributed by atoms with E-state index in [1.54, 1.807) is 0 Å². The molecular weight excluding hydrogens is 249 g/mol. The molecule has 0 amide bonds. The number of carboxylic acids is 1. The van der Waals surface area contributed by atoms with E-state index in [1.807, 2.05) is 0 Å². The Morgan fingerprint density at radius 1 is 1.12 bits per heavy atom. The van der Waals surface area contributed by atoms with Gasteiger partial charge in [0.1, 0.15) is 0 Å². The maximum absolute atomic E-state index is 11.6. The predicted molar refractivity (Wildman–Crippen MR) is 34.9 cm³/mol. The van der Waals surface area contributed by atoms with Crippen LogP contribution in [-0.2, 0) is 4.79 Å². The van der Waals surface area contributed by atoms with Gasteiger partial charge in [-0.25, -0.2) is 4.39 Å². The van der Waals surface area contributed by atoms with Crippen molar-refractivity contribution in [1.29, 1.82) is 0 Å². The summed E-state index contributed by atoms with van der Waals surface area (Å²) in [5, 5.41) is 9.14. The van der Waals surface area contributed by atoms with Crippen molar-refractivity contribution in [3.8, 4) is 0 Å². The van der Waals surface area contributed by atoms with Gasteiger partial charge in [0.15, 0.2) is 0 Å². The molecule has 0 bridgehead atoms. The zero-order valence-electron chi connectivity index (χ0n) is 7.32. The van der Waals surface area contributed by atoms with E-state index < -0.39 is 29.9 Å². The molecule has 0 aromatic rings. The summed E-state index contributed by atoms with van der Waals surface area (Å²) >= 11 is 0. The van der Waals surface area contributed by atoms with Gasteiger partial charge in [-0.05, 0) is 6.08 Å². The number of carbonyl (C=O) groups is 1. The molecule has 1 saturated carbocycles. The number of carbonyl (C=O) groups excluding carboxylic acids is 1. The second-order valence-corrected chi connectivity index (χ2v) is 2.71. The third kappa shape index (κ3) is 1.85. The fourth-order valence-electron chi connectivity index (χ4n) is 0.690. The van der Waals surface area contributed by atoms with E-state index in [9.17, 15) is 30.7 Å². The van der Waals surface area contributed by atoms with Crippen molar-refractivity contribution in [2.75, 3.05) is 0 Å². The predicted octanol–water partition coefficient (Wildman–Crippen LogP) is 1.17. The smallest absolute Gasteiger partial charge is 0.378 e. The van der Waals surface area contributed by atoms with E-state index in [2.05, 4.69) is 6.58 Å². The molecule has 0 spiro atoms. The summed E-state index contributed by atoms with van der Waals surface area (Å²) in [4.78, 5) is 9.14. The van der Waals surface area contributed by atoms with Crippen molar-refractivity contribution >= 4 is 5.97 Å². The number of aliphatic carboxylic acids is 1. The lowest BCUT2D eigenvalue weighted by atomic mass is 9.82. The molecule has 94 valence electrons. The summed E-state index contributed by atoms with van der Waals surface area (Å²) < 4.78 is 81.2. The molecule has 9 heteroatoms. The fourth-order valence-corrected chi connectivity index (χ4v) is 0.690. The number of hydrogen-bond donors (Lipinski definition) is 0. The number of rotatable bonds is 1. The lowest BCUT2D eigenvalue weighted by Crippen LogP contribution is -2.76. The van der Waals surface area contributed by atoms with E-state index in [-0.39, 0.29) is 0 Å². The lowest BCUT2D eigenvalue weighted by molar-refractivity contribution is -0.432. The van der Waals surface area contributed by atoms with Crippen molar-refractivity contribution in [3.05, 3.63) is 12.7 Å². The molecule has 0 N–H and O–H groups in total. The zero-order valence-corrected chi connectivity index (χ0v) is 7.32. The minimum absolute atomic E-state index is 0.722. The van der Waals surface area contributed by atoms with Gasteiger partial charge in [-0.15, -0.1) is 0 Å². The highest BCUT2D eigenvalue weighted by Crippen LogP contribution is 2.62. The molecule has 0 unspecified atom stereocenters. The Bertz CT molecular complexity index is 281. The van der Waals surface area contributed by atoms with Gasteiger partial charge in [0, 0.05) is 0 Å². The van der Waals surface area contributed by atoms with Crippen LogP contribution in [0.4, 0.5) is 30.7 Å². The molecule has 0 aromatic carbocycles. The standard InChI is InChI=1S/C4HF7.C3H4O2/c5-1-2(6,7)4(10,11)3(1,8)9;1-2-3(4)5/h1H;2H,1H2,(H,4,5)/p-1. The normalized spacial score (nSPS) is 24.7. The molecule has 1 rings (SSSR count). The molecule has 1 aliphatic carbocycles. The van der Waals surface area contributed by atoms with Gasteiger partial charge < -0.3 is 9.90 Å². The molecule has 0 heterocycles. The van der Waals surface area contributed by atoms with Crippen LogP contribution in [0, 0.1) is 0 Å². The molecule has 2 nitrogen and oxygen atoms in total. The maximum atomic E-state index is 11.6. The monoisotopic (exact) mass is 253 g/mol. The molecular formula is C7H4F7O2-. The zero-order chi connectivity index (χ0) is 13.4. The van der Waals surface area contributed by atoms with Crippen molar-refractivity contribution in [1.82, 2.24) is 0 Å². The molecule has 0 atom stereocenters. The summed E-state index contributed by atoms with van der Waals surface area (Å²) in [6, 6.07) is 0. The number of halogens is 7. The van der Waals surface area contributed by atoms with E-state index in [0.717, 1.165) is 6.08 Å². The summed E-state index contributed by atoms with van der Waals surface area (Å²) in [6.45, 7) is 2.90. The summed E-state index contributed by atoms with van der Waals surface area (Å²) in [5.41, 5.74) is 0. The molecule has 0 aromatic heterocycles. The Hall–Kier alpha value is -1.28. The average molecular weight is 253 g/mol. The largest absolute Gasteiger partial charge is 0.545 e. The molecule has 0 saturated heterocycles. The SMILES string of the molecule is C=CC(=O)[O-].FC1C(F)(F)C(F)(F)C1(F)F. The first kappa shape index (κ1) is 14.7. The van der Waals surface area contributed by atoms with Crippen molar-refractivity contribution in [3.63, 3.8) is 0 Å². The van der Waals surface area contributed by atoms with Gasteiger partial charge in [0.2, 0.25) is 6.17 Å². The van der Waals surface area contributed by atoms with E-state index >= 15 is 0 Å². The Balaban J connectivity index is 0.000000385. The van der Waals surface area contributed by atoms with Crippen molar-refractivity contribution < 1.29 is 40.6 Å². The van der Waals surface area contributed by atoms with Gasteiger partial charge in [-0.3, -0.25) is 0 Å². The third-order valence-electron chi connectivity index (χ3n) is 1.64. The van der Waals surface area contributed by atoms with Gasteiger partial charge in [-0.2, -0.15) is 26.3 Å². The summed E-state index contributed by atoms with van der Waals surface area (Å²) in [7, 11) is 0. The van der Waals surface area contributed by atoms with Crippen LogP contribution in [0.1, 0.15) is 0 Å². The highest BCUT2D eigenvalue weighted by Gasteiger charge is 2.91. The molecule has 0 aliphatic heterocycles. The van der Waals surface area contributed by atoms with E-state index in [1.165, 1.54) is 0 Å². The molecule has 1 fully saturated rings. The van der Waals surface area contributed by atoms with Crippen LogP contribution in [0.15, 0.2) is 12.7 Å². The highest BCUT2D eigenvalue weighted by atomic mass is 19.4. The lowest BCUT2D eigenvalue weighted by Gasteiger charge is -2.45. The van der Waals surface area contributed by atoms with Gasteiger partial charge in [0.05, 0.1) is 5.97 Å². The van der Waals surface area contributed by atoms with Crippen LogP contribution in [0.3, 0.4) is 0 Å². The van der Waals surface area contributed by atoms with Gasteiger partial charge in [-0.1, -0.05) is 6.58 Å². The fraction of sp³-hybridized carbons (Fsp3) is 0.571. The average Bonchev–Trinajstić information content (AvgIpc) is 2.16. The Morgan fingerprint density at radius 2 is 1.38 bits per heavy atom. The number of carboxylic acid groups (broad SMARTS) is 1. The number of hydrogen-bond acceptors (Lipinski definition) is 2. The highest BCUT2D eigenvalue weighted by molar-refractivity contribution is 5.76. The second kappa shape index (κ2) is 3.95. The first-order valence-corrected chi connectivity index (χ1v) is 3.53. The molecule has 0 radical (unpaired) electrons. The van der Waals surface area contributed by atoms with Crippen LogP contribution >= 0.6 is 0 Å². The summed E-state index contributed by atoms with van der Waals surface area (Å²) in [6.07, 6.45) is -3.36. The maximum Gasteiger partial charge on any atom is 0.378 e. The minimum Gasteiger partial charge on any atom is -0.545 e. The van der Waals surface area contributed by atoms with Crippen LogP contribution < -0.4 is 5.11 Å². The van der Waals surface area contributed by atoms with Crippen LogP contribution in [-0.4, -0.2) is 29.9 Å².